The number of hydrogen-bond donors (Lipinski definition) is 2. The van der Waals surface area contributed by atoms with Gasteiger partial charge in [-0.2, -0.15) is 0 Å². The van der Waals surface area contributed by atoms with E-state index in [9.17, 15) is 9.59 Å². The third-order valence-corrected chi connectivity index (χ3v) is 3.86. The zero-order valence-corrected chi connectivity index (χ0v) is 12.9. The lowest BCUT2D eigenvalue weighted by atomic mass is 10.1. The molecule has 0 aliphatic rings. The van der Waals surface area contributed by atoms with Gasteiger partial charge in [0.15, 0.2) is 0 Å². The molecule has 0 unspecified atom stereocenters. The van der Waals surface area contributed by atoms with Crippen LogP contribution >= 0.6 is 11.3 Å². The molecule has 0 aliphatic heterocycles. The first-order valence-corrected chi connectivity index (χ1v) is 7.06. The van der Waals surface area contributed by atoms with Crippen molar-refractivity contribution in [3.8, 4) is 0 Å². The first-order valence-electron chi connectivity index (χ1n) is 6.25. The van der Waals surface area contributed by atoms with Crippen LogP contribution in [0.5, 0.6) is 0 Å². The van der Waals surface area contributed by atoms with Crippen molar-refractivity contribution >= 4 is 34.0 Å². The van der Waals surface area contributed by atoms with Crippen molar-refractivity contribution in [3.63, 3.8) is 0 Å². The monoisotopic (exact) mass is 300 g/mol. The molecule has 20 heavy (non-hydrogen) atoms. The third-order valence-electron chi connectivity index (χ3n) is 2.71. The fourth-order valence-corrected chi connectivity index (χ4v) is 2.64. The van der Waals surface area contributed by atoms with Crippen LogP contribution in [0.15, 0.2) is 0 Å². The number of nitrogens with two attached hydrogens (primary N) is 1. The zero-order valence-electron chi connectivity index (χ0n) is 12.1. The Hall–Kier alpha value is -1.76. The van der Waals surface area contributed by atoms with Crippen LogP contribution in [0.4, 0.5) is 10.7 Å². The minimum atomic E-state index is -0.569. The summed E-state index contributed by atoms with van der Waals surface area (Å²) < 4.78 is 9.36. The molecular weight excluding hydrogens is 280 g/mol. The number of nitrogens with one attached hydrogen (secondary N) is 1. The molecule has 0 bridgehead atoms. The smallest absolute Gasteiger partial charge is 0.350 e. The quantitative estimate of drug-likeness (QED) is 0.784. The third kappa shape index (κ3) is 3.63. The second kappa shape index (κ2) is 7.14. The molecule has 0 fully saturated rings. The number of methoxy groups -OCH3 is 2. The molecule has 3 N–H and O–H groups in total. The van der Waals surface area contributed by atoms with Crippen molar-refractivity contribution in [3.05, 3.63) is 10.4 Å². The van der Waals surface area contributed by atoms with E-state index in [2.05, 4.69) is 23.9 Å². The fraction of sp³-hybridized carbons (Fsp3) is 0.538. The number of nitrogen functional groups attached to an aromatic ring is 1. The van der Waals surface area contributed by atoms with Gasteiger partial charge in [-0.25, -0.2) is 9.59 Å². The molecule has 0 spiro atoms. The molecule has 0 radical (unpaired) electrons. The van der Waals surface area contributed by atoms with E-state index in [1.165, 1.54) is 14.2 Å². The average molecular weight is 300 g/mol. The second-order valence-electron chi connectivity index (χ2n) is 4.64. The van der Waals surface area contributed by atoms with Gasteiger partial charge >= 0.3 is 11.9 Å². The summed E-state index contributed by atoms with van der Waals surface area (Å²) in [7, 11) is 2.54. The summed E-state index contributed by atoms with van der Waals surface area (Å²) in [4.78, 5) is 23.6. The number of rotatable bonds is 6. The van der Waals surface area contributed by atoms with Gasteiger partial charge in [0, 0.05) is 6.54 Å². The molecule has 112 valence electrons. The SMILES string of the molecule is COC(=O)c1sc(NCCC(C)C)c(C(=O)OC)c1N. The first kappa shape index (κ1) is 16.3. The van der Waals surface area contributed by atoms with Crippen LogP contribution in [0, 0.1) is 5.92 Å². The zero-order chi connectivity index (χ0) is 15.3. The van der Waals surface area contributed by atoms with Crippen molar-refractivity contribution in [1.82, 2.24) is 0 Å². The Morgan fingerprint density at radius 1 is 1.25 bits per heavy atom. The van der Waals surface area contributed by atoms with Crippen molar-refractivity contribution in [1.29, 1.82) is 0 Å². The minimum absolute atomic E-state index is 0.0979. The highest BCUT2D eigenvalue weighted by Gasteiger charge is 2.26. The highest BCUT2D eigenvalue weighted by atomic mass is 32.1. The molecule has 1 rings (SSSR count). The Bertz CT molecular complexity index is 497. The Labute approximate surface area is 122 Å². The van der Waals surface area contributed by atoms with E-state index in [1.807, 2.05) is 0 Å². The molecule has 1 aromatic rings. The highest BCUT2D eigenvalue weighted by molar-refractivity contribution is 7.19. The van der Waals surface area contributed by atoms with Crippen LogP contribution in [0.1, 0.15) is 40.3 Å². The van der Waals surface area contributed by atoms with Crippen molar-refractivity contribution in [2.45, 2.75) is 20.3 Å². The standard InChI is InChI=1S/C13H20N2O4S/c1-7(2)5-6-15-11-8(12(16)18-3)9(14)10(20-11)13(17)19-4/h7,15H,5-6,14H2,1-4H3. The maximum absolute atomic E-state index is 11.8. The normalized spacial score (nSPS) is 10.4. The maximum atomic E-state index is 11.8. The number of carbonyl (C=O) groups is 2. The number of ether oxygens (including phenoxy) is 2. The van der Waals surface area contributed by atoms with Gasteiger partial charge in [-0.05, 0) is 12.3 Å². The van der Waals surface area contributed by atoms with E-state index in [4.69, 9.17) is 10.5 Å². The van der Waals surface area contributed by atoms with Crippen LogP contribution < -0.4 is 11.1 Å². The highest BCUT2D eigenvalue weighted by Crippen LogP contribution is 2.36. The van der Waals surface area contributed by atoms with Gasteiger partial charge in [0.05, 0.1) is 19.9 Å². The van der Waals surface area contributed by atoms with E-state index in [1.54, 1.807) is 0 Å². The predicted molar refractivity (Wildman–Crippen MR) is 79.4 cm³/mol. The summed E-state index contributed by atoms with van der Waals surface area (Å²) in [5, 5.41) is 3.67. The Balaban J connectivity index is 3.07. The largest absolute Gasteiger partial charge is 0.465 e. The number of thiophene rings is 1. The van der Waals surface area contributed by atoms with Gasteiger partial charge in [-0.15, -0.1) is 11.3 Å². The molecule has 0 aromatic carbocycles. The molecule has 7 heteroatoms. The number of anilines is 2. The van der Waals surface area contributed by atoms with Crippen LogP contribution in [0.3, 0.4) is 0 Å². The lowest BCUT2D eigenvalue weighted by molar-refractivity contribution is 0.0602. The number of hydrogen-bond acceptors (Lipinski definition) is 7. The summed E-state index contributed by atoms with van der Waals surface area (Å²) in [5.74, 6) is -0.600. The van der Waals surface area contributed by atoms with E-state index in [0.29, 0.717) is 17.5 Å². The van der Waals surface area contributed by atoms with Crippen LogP contribution in [-0.4, -0.2) is 32.7 Å². The van der Waals surface area contributed by atoms with Crippen LogP contribution in [0.2, 0.25) is 0 Å². The van der Waals surface area contributed by atoms with Gasteiger partial charge in [0.1, 0.15) is 15.4 Å². The number of carbonyl (C=O) groups excluding carboxylic acids is 2. The summed E-state index contributed by atoms with van der Waals surface area (Å²) in [6.45, 7) is 4.89. The molecule has 0 amide bonds. The van der Waals surface area contributed by atoms with Gasteiger partial charge in [-0.1, -0.05) is 13.8 Å². The van der Waals surface area contributed by atoms with Gasteiger partial charge in [-0.3, -0.25) is 0 Å². The van der Waals surface area contributed by atoms with Crippen LogP contribution in [-0.2, 0) is 9.47 Å². The van der Waals surface area contributed by atoms with Gasteiger partial charge < -0.3 is 20.5 Å². The van der Waals surface area contributed by atoms with E-state index < -0.39 is 11.9 Å². The predicted octanol–water partition coefficient (Wildman–Crippen LogP) is 2.36. The Morgan fingerprint density at radius 3 is 2.35 bits per heavy atom. The van der Waals surface area contributed by atoms with Gasteiger partial charge in [0.25, 0.3) is 0 Å². The molecule has 0 aliphatic carbocycles. The van der Waals surface area contributed by atoms with Gasteiger partial charge in [0.2, 0.25) is 0 Å². The topological polar surface area (TPSA) is 90.6 Å². The van der Waals surface area contributed by atoms with E-state index in [0.717, 1.165) is 17.8 Å². The fourth-order valence-electron chi connectivity index (χ4n) is 1.59. The molecule has 1 aromatic heterocycles. The van der Waals surface area contributed by atoms with E-state index in [-0.39, 0.29) is 16.1 Å². The van der Waals surface area contributed by atoms with Crippen LogP contribution in [0.25, 0.3) is 0 Å². The lowest BCUT2D eigenvalue weighted by Gasteiger charge is -2.08. The van der Waals surface area contributed by atoms with Crippen molar-refractivity contribution < 1.29 is 19.1 Å². The van der Waals surface area contributed by atoms with Crippen molar-refractivity contribution in [2.75, 3.05) is 31.8 Å². The summed E-state index contributed by atoms with van der Waals surface area (Å²) >= 11 is 1.10. The lowest BCUT2D eigenvalue weighted by Crippen LogP contribution is -2.10. The maximum Gasteiger partial charge on any atom is 0.350 e. The summed E-state index contributed by atoms with van der Waals surface area (Å²) in [6.07, 6.45) is 0.936. The second-order valence-corrected chi connectivity index (χ2v) is 5.66. The Morgan fingerprint density at radius 2 is 1.85 bits per heavy atom. The first-order chi connectivity index (χ1) is 9.42. The molecule has 6 nitrogen and oxygen atoms in total. The average Bonchev–Trinajstić information content (AvgIpc) is 2.73. The molecule has 0 saturated carbocycles. The number of esters is 2. The minimum Gasteiger partial charge on any atom is -0.465 e. The molecular formula is C13H20N2O4S. The molecule has 1 heterocycles. The van der Waals surface area contributed by atoms with E-state index >= 15 is 0 Å². The summed E-state index contributed by atoms with van der Waals surface area (Å²) in [6, 6.07) is 0. The molecule has 0 atom stereocenters. The Kier molecular flexibility index (Phi) is 5.82. The van der Waals surface area contributed by atoms with Crippen molar-refractivity contribution in [2.24, 2.45) is 5.92 Å². The molecule has 0 saturated heterocycles. The summed E-state index contributed by atoms with van der Waals surface area (Å²) in [5.41, 5.74) is 6.15.